The van der Waals surface area contributed by atoms with Gasteiger partial charge in [0, 0.05) is 19.6 Å². The van der Waals surface area contributed by atoms with Gasteiger partial charge in [-0.25, -0.2) is 0 Å². The summed E-state index contributed by atoms with van der Waals surface area (Å²) >= 11 is 0. The van der Waals surface area contributed by atoms with Crippen molar-refractivity contribution >= 4 is 0 Å². The number of hydrogen-bond donors (Lipinski definition) is 1. The quantitative estimate of drug-likeness (QED) is 0.896. The molecule has 0 amide bonds. The predicted molar refractivity (Wildman–Crippen MR) is 79.7 cm³/mol. The summed E-state index contributed by atoms with van der Waals surface area (Å²) in [5.41, 5.74) is 2.39. The second-order valence-corrected chi connectivity index (χ2v) is 6.18. The number of benzene rings is 1. The summed E-state index contributed by atoms with van der Waals surface area (Å²) < 4.78 is 5.83. The van der Waals surface area contributed by atoms with Gasteiger partial charge in [-0.2, -0.15) is 0 Å². The Balaban J connectivity index is 1.57. The van der Waals surface area contributed by atoms with Gasteiger partial charge in [0.1, 0.15) is 0 Å². The fourth-order valence-corrected chi connectivity index (χ4v) is 3.39. The molecule has 0 radical (unpaired) electrons. The molecule has 3 atom stereocenters. The minimum Gasteiger partial charge on any atom is -0.387 e. The molecule has 2 heterocycles. The number of fused-ring (bicyclic) bond motifs is 2. The number of aliphatic hydroxyl groups is 1. The maximum absolute atomic E-state index is 10.4. The number of rotatable bonds is 5. The third-order valence-corrected chi connectivity index (χ3v) is 4.45. The van der Waals surface area contributed by atoms with Gasteiger partial charge >= 0.3 is 0 Å². The number of ether oxygens (including phenoxy) is 1. The monoisotopic (exact) mass is 275 g/mol. The molecular formula is C17H25NO2. The van der Waals surface area contributed by atoms with E-state index in [9.17, 15) is 5.11 Å². The van der Waals surface area contributed by atoms with Crippen LogP contribution in [0.5, 0.6) is 0 Å². The molecule has 3 rings (SSSR count). The molecule has 3 nitrogen and oxygen atoms in total. The zero-order valence-electron chi connectivity index (χ0n) is 12.3. The fraction of sp³-hybridized carbons (Fsp3) is 0.647. The van der Waals surface area contributed by atoms with Gasteiger partial charge in [0.25, 0.3) is 0 Å². The summed E-state index contributed by atoms with van der Waals surface area (Å²) in [7, 11) is 0. The first-order chi connectivity index (χ1) is 9.74. The van der Waals surface area contributed by atoms with Crippen molar-refractivity contribution in [2.75, 3.05) is 19.6 Å². The predicted octanol–water partition coefficient (Wildman–Crippen LogP) is 2.54. The zero-order chi connectivity index (χ0) is 13.9. The fourth-order valence-electron chi connectivity index (χ4n) is 3.39. The van der Waals surface area contributed by atoms with Crippen molar-refractivity contribution in [1.29, 1.82) is 0 Å². The Morgan fingerprint density at radius 3 is 2.45 bits per heavy atom. The van der Waals surface area contributed by atoms with E-state index < -0.39 is 0 Å². The van der Waals surface area contributed by atoms with E-state index >= 15 is 0 Å². The first-order valence-corrected chi connectivity index (χ1v) is 7.89. The van der Waals surface area contributed by atoms with Gasteiger partial charge in [-0.15, -0.1) is 0 Å². The second-order valence-electron chi connectivity index (χ2n) is 6.18. The minimum absolute atomic E-state index is 0.386. The molecule has 0 spiro atoms. The molecule has 0 aromatic heterocycles. The summed E-state index contributed by atoms with van der Waals surface area (Å²) in [6, 6.07) is 8.44. The van der Waals surface area contributed by atoms with Crippen molar-refractivity contribution < 1.29 is 9.84 Å². The maximum Gasteiger partial charge on any atom is 0.0916 e. The highest BCUT2D eigenvalue weighted by Crippen LogP contribution is 2.27. The molecule has 0 saturated carbocycles. The van der Waals surface area contributed by atoms with E-state index in [1.54, 1.807) is 0 Å². The van der Waals surface area contributed by atoms with Crippen molar-refractivity contribution in [3.8, 4) is 0 Å². The van der Waals surface area contributed by atoms with Gasteiger partial charge in [0.2, 0.25) is 0 Å². The van der Waals surface area contributed by atoms with Crippen molar-refractivity contribution in [3.63, 3.8) is 0 Å². The molecule has 1 aromatic carbocycles. The van der Waals surface area contributed by atoms with Crippen LogP contribution in [0.1, 0.15) is 43.4 Å². The highest BCUT2D eigenvalue weighted by atomic mass is 16.5. The first kappa shape index (κ1) is 14.1. The minimum atomic E-state index is -0.386. The van der Waals surface area contributed by atoms with Gasteiger partial charge in [-0.05, 0) is 30.4 Å². The molecule has 2 aliphatic heterocycles. The molecule has 2 fully saturated rings. The normalized spacial score (nSPS) is 27.7. The Bertz CT molecular complexity index is 419. The van der Waals surface area contributed by atoms with Crippen LogP contribution in [0, 0.1) is 0 Å². The van der Waals surface area contributed by atoms with E-state index in [0.717, 1.165) is 31.6 Å². The molecule has 2 aliphatic rings. The van der Waals surface area contributed by atoms with Crippen LogP contribution in [0.25, 0.3) is 0 Å². The van der Waals surface area contributed by atoms with E-state index in [1.807, 2.05) is 0 Å². The third-order valence-electron chi connectivity index (χ3n) is 4.45. The standard InChI is InChI=1S/C17H25NO2/c1-2-3-13-4-6-14(7-5-13)17(19)12-18-10-15-8-9-16(11-18)20-15/h4-7,15-17,19H,2-3,8-12H2,1H3. The Kier molecular flexibility index (Phi) is 4.39. The number of aliphatic hydroxyl groups excluding tert-OH is 1. The molecule has 1 N–H and O–H groups in total. The molecule has 0 aliphatic carbocycles. The van der Waals surface area contributed by atoms with Gasteiger partial charge in [-0.1, -0.05) is 37.6 Å². The van der Waals surface area contributed by atoms with Crippen molar-refractivity contribution in [2.24, 2.45) is 0 Å². The van der Waals surface area contributed by atoms with E-state index in [1.165, 1.54) is 24.8 Å². The smallest absolute Gasteiger partial charge is 0.0916 e. The molecule has 3 heteroatoms. The van der Waals surface area contributed by atoms with Gasteiger partial charge < -0.3 is 9.84 Å². The average molecular weight is 275 g/mol. The number of nitrogens with zero attached hydrogens (tertiary/aromatic N) is 1. The Morgan fingerprint density at radius 1 is 1.20 bits per heavy atom. The molecular weight excluding hydrogens is 250 g/mol. The lowest BCUT2D eigenvalue weighted by atomic mass is 10.0. The van der Waals surface area contributed by atoms with Crippen LogP contribution < -0.4 is 0 Å². The number of likely N-dealkylation sites (tertiary alicyclic amines) is 1. The lowest BCUT2D eigenvalue weighted by Crippen LogP contribution is -2.44. The van der Waals surface area contributed by atoms with E-state index in [2.05, 4.69) is 36.1 Å². The van der Waals surface area contributed by atoms with Gasteiger partial charge in [-0.3, -0.25) is 4.90 Å². The Morgan fingerprint density at radius 2 is 1.85 bits per heavy atom. The van der Waals surface area contributed by atoms with Crippen molar-refractivity contribution in [1.82, 2.24) is 4.90 Å². The largest absolute Gasteiger partial charge is 0.387 e. The van der Waals surface area contributed by atoms with E-state index in [-0.39, 0.29) is 6.10 Å². The maximum atomic E-state index is 10.4. The van der Waals surface area contributed by atoms with Gasteiger partial charge in [0.15, 0.2) is 0 Å². The highest BCUT2D eigenvalue weighted by Gasteiger charge is 2.34. The summed E-state index contributed by atoms with van der Waals surface area (Å²) in [4.78, 5) is 2.36. The number of morpholine rings is 1. The highest BCUT2D eigenvalue weighted by molar-refractivity contribution is 5.24. The molecule has 20 heavy (non-hydrogen) atoms. The van der Waals surface area contributed by atoms with E-state index in [4.69, 9.17) is 4.74 Å². The zero-order valence-corrected chi connectivity index (χ0v) is 12.3. The van der Waals surface area contributed by atoms with E-state index in [0.29, 0.717) is 12.2 Å². The summed E-state index contributed by atoms with van der Waals surface area (Å²) in [6.07, 6.45) is 5.05. The van der Waals surface area contributed by atoms with Crippen LogP contribution in [-0.4, -0.2) is 41.8 Å². The molecule has 2 saturated heterocycles. The molecule has 110 valence electrons. The van der Waals surface area contributed by atoms with Crippen molar-refractivity contribution in [3.05, 3.63) is 35.4 Å². The Hall–Kier alpha value is -0.900. The summed E-state index contributed by atoms with van der Waals surface area (Å²) in [5.74, 6) is 0. The molecule has 3 unspecified atom stereocenters. The summed E-state index contributed by atoms with van der Waals surface area (Å²) in [6.45, 7) is 4.86. The number of hydrogen-bond acceptors (Lipinski definition) is 3. The summed E-state index contributed by atoms with van der Waals surface area (Å²) in [5, 5.41) is 10.4. The van der Waals surface area contributed by atoms with Crippen molar-refractivity contribution in [2.45, 2.75) is 50.9 Å². The van der Waals surface area contributed by atoms with Crippen LogP contribution >= 0.6 is 0 Å². The second kappa shape index (κ2) is 6.25. The topological polar surface area (TPSA) is 32.7 Å². The number of aryl methyl sites for hydroxylation is 1. The SMILES string of the molecule is CCCc1ccc(C(O)CN2CC3CCC(C2)O3)cc1. The number of β-amino-alcohol motifs (C(OH)–C–C–N with tert-alkyl or cyclic N) is 1. The van der Waals surface area contributed by atoms with Crippen LogP contribution in [-0.2, 0) is 11.2 Å². The third kappa shape index (κ3) is 3.22. The molecule has 1 aromatic rings. The van der Waals surface area contributed by atoms with Crippen LogP contribution in [0.2, 0.25) is 0 Å². The molecule has 2 bridgehead atoms. The average Bonchev–Trinajstić information content (AvgIpc) is 2.79. The first-order valence-electron chi connectivity index (χ1n) is 7.89. The Labute approximate surface area is 121 Å². The van der Waals surface area contributed by atoms with Crippen LogP contribution in [0.3, 0.4) is 0 Å². The van der Waals surface area contributed by atoms with Crippen LogP contribution in [0.15, 0.2) is 24.3 Å². The lowest BCUT2D eigenvalue weighted by molar-refractivity contribution is -0.0497. The van der Waals surface area contributed by atoms with Crippen LogP contribution in [0.4, 0.5) is 0 Å². The van der Waals surface area contributed by atoms with Gasteiger partial charge in [0.05, 0.1) is 18.3 Å². The lowest BCUT2D eigenvalue weighted by Gasteiger charge is -2.33.